The lowest BCUT2D eigenvalue weighted by Crippen LogP contribution is -2.16. The van der Waals surface area contributed by atoms with Crippen molar-refractivity contribution in [3.05, 3.63) is 69.3 Å². The third-order valence-corrected chi connectivity index (χ3v) is 7.00. The molecule has 0 aliphatic rings. The van der Waals surface area contributed by atoms with Gasteiger partial charge < -0.3 is 9.88 Å². The fraction of sp³-hybridized carbons (Fsp3) is 0.318. The van der Waals surface area contributed by atoms with E-state index >= 15 is 0 Å². The van der Waals surface area contributed by atoms with Gasteiger partial charge in [-0.2, -0.15) is 0 Å². The molecule has 0 aliphatic carbocycles. The molecule has 0 atom stereocenters. The molecule has 0 aliphatic heterocycles. The standard InChI is InChI=1S/C22H24Cl2N6S/c1-15-19(13-25-10-5-11-31-22-26-27-28-29(22)2)18-6-3-4-7-21(18)30(15)14-16-8-9-17(23)12-20(16)24/h3-4,6-9,12,25H,5,10-11,13-14H2,1-2H3. The van der Waals surface area contributed by atoms with Crippen molar-refractivity contribution in [3.63, 3.8) is 0 Å². The summed E-state index contributed by atoms with van der Waals surface area (Å²) >= 11 is 14.2. The summed E-state index contributed by atoms with van der Waals surface area (Å²) in [5.74, 6) is 0.969. The monoisotopic (exact) mass is 474 g/mol. The number of para-hydroxylation sites is 1. The lowest BCUT2D eigenvalue weighted by atomic mass is 10.1. The second-order valence-electron chi connectivity index (χ2n) is 7.37. The molecule has 0 radical (unpaired) electrons. The molecule has 31 heavy (non-hydrogen) atoms. The molecule has 1 N–H and O–H groups in total. The highest BCUT2D eigenvalue weighted by atomic mass is 35.5. The molecule has 0 unspecified atom stereocenters. The molecule has 2 aromatic carbocycles. The average molecular weight is 475 g/mol. The van der Waals surface area contributed by atoms with Gasteiger partial charge in [0.1, 0.15) is 0 Å². The van der Waals surface area contributed by atoms with Crippen molar-refractivity contribution in [1.82, 2.24) is 30.1 Å². The molecule has 4 aromatic rings. The Morgan fingerprint density at radius 1 is 1.13 bits per heavy atom. The van der Waals surface area contributed by atoms with Crippen molar-refractivity contribution >= 4 is 45.9 Å². The normalized spacial score (nSPS) is 11.5. The predicted molar refractivity (Wildman–Crippen MR) is 128 cm³/mol. The molecule has 9 heteroatoms. The molecule has 0 bridgehead atoms. The number of nitrogens with zero attached hydrogens (tertiary/aromatic N) is 5. The van der Waals surface area contributed by atoms with E-state index in [-0.39, 0.29) is 0 Å². The zero-order chi connectivity index (χ0) is 21.8. The zero-order valence-corrected chi connectivity index (χ0v) is 19.8. The Bertz CT molecular complexity index is 1190. The van der Waals surface area contributed by atoms with E-state index in [1.807, 2.05) is 19.2 Å². The van der Waals surface area contributed by atoms with Gasteiger partial charge in [-0.1, -0.05) is 59.2 Å². The fourth-order valence-electron chi connectivity index (χ4n) is 3.67. The largest absolute Gasteiger partial charge is 0.340 e. The van der Waals surface area contributed by atoms with E-state index in [0.717, 1.165) is 36.0 Å². The van der Waals surface area contributed by atoms with E-state index in [4.69, 9.17) is 23.2 Å². The van der Waals surface area contributed by atoms with Gasteiger partial charge >= 0.3 is 0 Å². The molecule has 0 saturated carbocycles. The van der Waals surface area contributed by atoms with Crippen molar-refractivity contribution in [2.75, 3.05) is 12.3 Å². The van der Waals surface area contributed by atoms with E-state index in [0.29, 0.717) is 16.6 Å². The number of halogens is 2. The average Bonchev–Trinajstić information content (AvgIpc) is 3.28. The number of hydrogen-bond acceptors (Lipinski definition) is 5. The van der Waals surface area contributed by atoms with E-state index in [2.05, 4.69) is 56.6 Å². The highest BCUT2D eigenvalue weighted by molar-refractivity contribution is 7.99. The summed E-state index contributed by atoms with van der Waals surface area (Å²) < 4.78 is 4.03. The number of fused-ring (bicyclic) bond motifs is 1. The molecule has 4 rings (SSSR count). The Balaban J connectivity index is 1.43. The molecule has 2 heterocycles. The fourth-order valence-corrected chi connectivity index (χ4v) is 4.92. The van der Waals surface area contributed by atoms with Crippen molar-refractivity contribution in [2.24, 2.45) is 7.05 Å². The van der Waals surface area contributed by atoms with E-state index in [1.54, 1.807) is 22.5 Å². The SMILES string of the molecule is Cc1c(CNCCCSc2nnnn2C)c2ccccc2n1Cc1ccc(Cl)cc1Cl. The van der Waals surface area contributed by atoms with Crippen LogP contribution in [0.15, 0.2) is 47.6 Å². The first-order valence-corrected chi connectivity index (χ1v) is 11.8. The van der Waals surface area contributed by atoms with Crippen LogP contribution in [0.1, 0.15) is 23.2 Å². The van der Waals surface area contributed by atoms with Gasteiger partial charge in [0, 0.05) is 52.5 Å². The maximum absolute atomic E-state index is 6.44. The number of tetrazole rings is 1. The number of aromatic nitrogens is 5. The maximum Gasteiger partial charge on any atom is 0.209 e. The molecule has 6 nitrogen and oxygen atoms in total. The third-order valence-electron chi connectivity index (χ3n) is 5.32. The van der Waals surface area contributed by atoms with Gasteiger partial charge in [0.2, 0.25) is 5.16 Å². The first-order chi connectivity index (χ1) is 15.0. The first kappa shape index (κ1) is 22.1. The summed E-state index contributed by atoms with van der Waals surface area (Å²) in [7, 11) is 1.86. The van der Waals surface area contributed by atoms with E-state index < -0.39 is 0 Å². The van der Waals surface area contributed by atoms with Gasteiger partial charge in [0.25, 0.3) is 0 Å². The smallest absolute Gasteiger partial charge is 0.209 e. The Hall–Kier alpha value is -2.06. The Morgan fingerprint density at radius 3 is 2.74 bits per heavy atom. The molecule has 0 amide bonds. The summed E-state index contributed by atoms with van der Waals surface area (Å²) in [5, 5.41) is 18.6. The minimum absolute atomic E-state index is 0.654. The van der Waals surface area contributed by atoms with Crippen molar-refractivity contribution in [2.45, 2.75) is 31.6 Å². The lowest BCUT2D eigenvalue weighted by Gasteiger charge is -2.11. The molecule has 0 saturated heterocycles. The van der Waals surface area contributed by atoms with Crippen LogP contribution in [0.4, 0.5) is 0 Å². The summed E-state index contributed by atoms with van der Waals surface area (Å²) in [5.41, 5.74) is 4.85. The minimum atomic E-state index is 0.654. The summed E-state index contributed by atoms with van der Waals surface area (Å²) in [4.78, 5) is 0. The van der Waals surface area contributed by atoms with Gasteiger partial charge in [0.15, 0.2) is 0 Å². The summed E-state index contributed by atoms with van der Waals surface area (Å²) in [6.45, 7) is 4.65. The Labute approximate surface area is 195 Å². The van der Waals surface area contributed by atoms with Crippen LogP contribution >= 0.6 is 35.0 Å². The molecule has 0 fully saturated rings. The van der Waals surface area contributed by atoms with Gasteiger partial charge in [0.05, 0.1) is 0 Å². The Kier molecular flexibility index (Phi) is 7.17. The van der Waals surface area contributed by atoms with Crippen molar-refractivity contribution in [1.29, 1.82) is 0 Å². The zero-order valence-electron chi connectivity index (χ0n) is 17.5. The van der Waals surface area contributed by atoms with Crippen LogP contribution in [-0.2, 0) is 20.1 Å². The topological polar surface area (TPSA) is 60.6 Å². The summed E-state index contributed by atoms with van der Waals surface area (Å²) in [6.07, 6.45) is 1.04. The van der Waals surface area contributed by atoms with Crippen LogP contribution < -0.4 is 5.32 Å². The van der Waals surface area contributed by atoms with Gasteiger partial charge in [-0.05, 0) is 59.6 Å². The molecular formula is C22H24Cl2N6S. The lowest BCUT2D eigenvalue weighted by molar-refractivity contribution is 0.660. The second-order valence-corrected chi connectivity index (χ2v) is 9.27. The van der Waals surface area contributed by atoms with Gasteiger partial charge in [-0.15, -0.1) is 5.10 Å². The van der Waals surface area contributed by atoms with Crippen LogP contribution in [0.25, 0.3) is 10.9 Å². The summed E-state index contributed by atoms with van der Waals surface area (Å²) in [6, 6.07) is 14.2. The number of thioether (sulfide) groups is 1. The number of nitrogens with one attached hydrogen (secondary N) is 1. The van der Waals surface area contributed by atoms with E-state index in [9.17, 15) is 0 Å². The van der Waals surface area contributed by atoms with Crippen LogP contribution in [0.3, 0.4) is 0 Å². The van der Waals surface area contributed by atoms with E-state index in [1.165, 1.54) is 22.2 Å². The predicted octanol–water partition coefficient (Wildman–Crippen LogP) is 5.10. The van der Waals surface area contributed by atoms with Crippen LogP contribution in [-0.4, -0.2) is 37.1 Å². The quantitative estimate of drug-likeness (QED) is 0.270. The number of benzene rings is 2. The molecular weight excluding hydrogens is 451 g/mol. The van der Waals surface area contributed by atoms with Gasteiger partial charge in [-0.3, -0.25) is 0 Å². The van der Waals surface area contributed by atoms with Crippen LogP contribution in [0.2, 0.25) is 10.0 Å². The number of hydrogen-bond donors (Lipinski definition) is 1. The number of rotatable bonds is 9. The molecule has 0 spiro atoms. The Morgan fingerprint density at radius 2 is 1.97 bits per heavy atom. The minimum Gasteiger partial charge on any atom is -0.340 e. The maximum atomic E-state index is 6.44. The van der Waals surface area contributed by atoms with Crippen LogP contribution in [0.5, 0.6) is 0 Å². The van der Waals surface area contributed by atoms with Gasteiger partial charge in [-0.25, -0.2) is 4.68 Å². The first-order valence-electron chi connectivity index (χ1n) is 10.1. The number of aryl methyl sites for hydroxylation is 1. The van der Waals surface area contributed by atoms with Crippen molar-refractivity contribution in [3.8, 4) is 0 Å². The highest BCUT2D eigenvalue weighted by Gasteiger charge is 2.15. The van der Waals surface area contributed by atoms with Crippen molar-refractivity contribution < 1.29 is 0 Å². The second kappa shape index (κ2) is 10.0. The molecule has 162 valence electrons. The third kappa shape index (κ3) is 5.06. The highest BCUT2D eigenvalue weighted by Crippen LogP contribution is 2.29. The molecule has 2 aromatic heterocycles. The van der Waals surface area contributed by atoms with Crippen LogP contribution in [0, 0.1) is 6.92 Å².